The first-order chi connectivity index (χ1) is 11.4. The van der Waals surface area contributed by atoms with Crippen LogP contribution in [0, 0.1) is 13.8 Å². The third-order valence-electron chi connectivity index (χ3n) is 3.99. The van der Waals surface area contributed by atoms with Crippen LogP contribution in [0.1, 0.15) is 60.8 Å². The molecule has 1 aliphatic rings. The zero-order valence-corrected chi connectivity index (χ0v) is 14.6. The number of hydrogen-bond acceptors (Lipinski definition) is 7. The lowest BCUT2D eigenvalue weighted by Gasteiger charge is -2.34. The van der Waals surface area contributed by atoms with Gasteiger partial charge in [-0.3, -0.25) is 4.79 Å². The largest absolute Gasteiger partial charge is 0.362 e. The van der Waals surface area contributed by atoms with Crippen LogP contribution >= 0.6 is 0 Å². The van der Waals surface area contributed by atoms with Crippen molar-refractivity contribution in [3.8, 4) is 0 Å². The topological polar surface area (TPSA) is 99.2 Å². The minimum absolute atomic E-state index is 0.139. The lowest BCUT2D eigenvalue weighted by Crippen LogP contribution is -2.46. The van der Waals surface area contributed by atoms with Gasteiger partial charge in [0.25, 0.3) is 11.8 Å². The Labute approximate surface area is 140 Å². The summed E-state index contributed by atoms with van der Waals surface area (Å²) in [5.74, 6) is 0.774. The normalized spacial score (nSPS) is 21.5. The lowest BCUT2D eigenvalue weighted by molar-refractivity contribution is -0.0811. The van der Waals surface area contributed by atoms with Gasteiger partial charge in [-0.1, -0.05) is 10.4 Å². The Morgan fingerprint density at radius 2 is 2.04 bits per heavy atom. The molecule has 2 aromatic heterocycles. The first-order valence-corrected chi connectivity index (χ1v) is 8.03. The van der Waals surface area contributed by atoms with Crippen molar-refractivity contribution in [2.24, 2.45) is 0 Å². The summed E-state index contributed by atoms with van der Waals surface area (Å²) in [5.41, 5.74) is 1.14. The van der Waals surface area contributed by atoms with Gasteiger partial charge in [0.1, 0.15) is 0 Å². The molecule has 0 N–H and O–H groups in total. The number of carbonyl (C=O) groups is 1. The van der Waals surface area contributed by atoms with Gasteiger partial charge in [-0.15, -0.1) is 5.10 Å². The Bertz CT molecular complexity index is 737. The van der Waals surface area contributed by atoms with E-state index in [1.54, 1.807) is 16.5 Å². The van der Waals surface area contributed by atoms with E-state index in [0.29, 0.717) is 30.5 Å². The van der Waals surface area contributed by atoms with Crippen LogP contribution in [0.2, 0.25) is 0 Å². The van der Waals surface area contributed by atoms with E-state index in [1.165, 1.54) is 0 Å². The molecule has 0 aromatic carbocycles. The molecule has 1 amide bonds. The van der Waals surface area contributed by atoms with E-state index < -0.39 is 6.10 Å². The van der Waals surface area contributed by atoms with E-state index >= 15 is 0 Å². The maximum Gasteiger partial charge on any atom is 0.276 e. The fraction of sp³-hybridized carbons (Fsp3) is 0.667. The summed E-state index contributed by atoms with van der Waals surface area (Å²) in [6.45, 7) is 10.3. The number of carbonyl (C=O) groups excluding carboxylic acids is 1. The lowest BCUT2D eigenvalue weighted by atomic mass is 10.2. The monoisotopic (exact) mass is 334 g/mol. The summed E-state index contributed by atoms with van der Waals surface area (Å²) in [7, 11) is 0. The van der Waals surface area contributed by atoms with Gasteiger partial charge in [-0.2, -0.15) is 4.98 Å². The number of hydrogen-bond donors (Lipinski definition) is 0. The van der Waals surface area contributed by atoms with Crippen molar-refractivity contribution < 1.29 is 14.1 Å². The number of rotatable bonds is 3. The predicted octanol–water partition coefficient (Wildman–Crippen LogP) is 1.46. The molecular formula is C15H22N6O3. The standard InChI is InChI=1S/C15H22N6O3/c1-8(2)21-10(4)13(17-19-21)15(22)20-6-9(3)23-12(7-20)14-16-11(5)18-24-14/h8-9,12H,6-7H2,1-5H3/t9-,12-/m1/s1. The van der Waals surface area contributed by atoms with Crippen molar-refractivity contribution in [1.29, 1.82) is 0 Å². The van der Waals surface area contributed by atoms with Crippen molar-refractivity contribution in [2.45, 2.75) is 52.9 Å². The van der Waals surface area contributed by atoms with Crippen LogP contribution in [0.15, 0.2) is 4.52 Å². The fourth-order valence-electron chi connectivity index (χ4n) is 2.88. The maximum absolute atomic E-state index is 12.9. The van der Waals surface area contributed by atoms with E-state index in [0.717, 1.165) is 5.69 Å². The van der Waals surface area contributed by atoms with Crippen LogP contribution in [0.5, 0.6) is 0 Å². The van der Waals surface area contributed by atoms with Crippen LogP contribution < -0.4 is 0 Å². The first kappa shape index (κ1) is 16.6. The molecule has 130 valence electrons. The molecule has 0 radical (unpaired) electrons. The van der Waals surface area contributed by atoms with Crippen molar-refractivity contribution >= 4 is 5.91 Å². The molecule has 2 atom stereocenters. The number of ether oxygens (including phenoxy) is 1. The molecule has 0 bridgehead atoms. The molecule has 0 unspecified atom stereocenters. The zero-order chi connectivity index (χ0) is 17.4. The van der Waals surface area contributed by atoms with Crippen LogP contribution in [0.3, 0.4) is 0 Å². The second-order valence-electron chi connectivity index (χ2n) is 6.39. The summed E-state index contributed by atoms with van der Waals surface area (Å²) in [6.07, 6.45) is -0.570. The Morgan fingerprint density at radius 3 is 2.62 bits per heavy atom. The van der Waals surface area contributed by atoms with Crippen LogP contribution in [-0.2, 0) is 4.74 Å². The van der Waals surface area contributed by atoms with Gasteiger partial charge in [0, 0.05) is 12.6 Å². The average Bonchev–Trinajstić information content (AvgIpc) is 3.12. The molecule has 3 heterocycles. The van der Waals surface area contributed by atoms with E-state index in [9.17, 15) is 4.79 Å². The summed E-state index contributed by atoms with van der Waals surface area (Å²) in [5, 5.41) is 11.9. The van der Waals surface area contributed by atoms with Crippen LogP contribution in [0.4, 0.5) is 0 Å². The number of morpholine rings is 1. The number of nitrogens with zero attached hydrogens (tertiary/aromatic N) is 6. The van der Waals surface area contributed by atoms with Crippen molar-refractivity contribution in [3.63, 3.8) is 0 Å². The minimum atomic E-state index is -0.431. The van der Waals surface area contributed by atoms with Crippen LogP contribution in [0.25, 0.3) is 0 Å². The molecule has 2 aromatic rings. The van der Waals surface area contributed by atoms with Gasteiger partial charge >= 0.3 is 0 Å². The second-order valence-corrected chi connectivity index (χ2v) is 6.39. The van der Waals surface area contributed by atoms with Gasteiger partial charge in [0.05, 0.1) is 18.3 Å². The molecule has 1 aliphatic heterocycles. The molecule has 1 saturated heterocycles. The smallest absolute Gasteiger partial charge is 0.276 e. The zero-order valence-electron chi connectivity index (χ0n) is 14.6. The first-order valence-electron chi connectivity index (χ1n) is 8.03. The third kappa shape index (κ3) is 3.03. The highest BCUT2D eigenvalue weighted by Crippen LogP contribution is 2.25. The summed E-state index contributed by atoms with van der Waals surface area (Å²) >= 11 is 0. The number of aryl methyl sites for hydroxylation is 1. The van der Waals surface area contributed by atoms with Crippen molar-refractivity contribution in [1.82, 2.24) is 30.0 Å². The van der Waals surface area contributed by atoms with Crippen LogP contribution in [-0.4, -0.2) is 55.1 Å². The highest BCUT2D eigenvalue weighted by atomic mass is 16.5. The van der Waals surface area contributed by atoms with E-state index in [4.69, 9.17) is 9.26 Å². The Kier molecular flexibility index (Phi) is 4.35. The minimum Gasteiger partial charge on any atom is -0.362 e. The number of amides is 1. The van der Waals surface area contributed by atoms with Gasteiger partial charge in [-0.05, 0) is 34.6 Å². The highest BCUT2D eigenvalue weighted by Gasteiger charge is 2.34. The van der Waals surface area contributed by atoms with Gasteiger partial charge in [0.15, 0.2) is 17.6 Å². The second kappa shape index (κ2) is 6.31. The number of aromatic nitrogens is 5. The van der Waals surface area contributed by atoms with E-state index in [1.807, 2.05) is 27.7 Å². The van der Waals surface area contributed by atoms with Gasteiger partial charge < -0.3 is 14.2 Å². The van der Waals surface area contributed by atoms with Gasteiger partial charge in [0.2, 0.25) is 0 Å². The van der Waals surface area contributed by atoms with Crippen molar-refractivity contribution in [2.75, 3.05) is 13.1 Å². The molecule has 24 heavy (non-hydrogen) atoms. The molecule has 9 nitrogen and oxygen atoms in total. The quantitative estimate of drug-likeness (QED) is 0.837. The molecule has 1 fully saturated rings. The van der Waals surface area contributed by atoms with Crippen molar-refractivity contribution in [3.05, 3.63) is 23.1 Å². The molecule has 0 aliphatic carbocycles. The molecule has 0 saturated carbocycles. The molecular weight excluding hydrogens is 312 g/mol. The van der Waals surface area contributed by atoms with Gasteiger partial charge in [-0.25, -0.2) is 4.68 Å². The summed E-state index contributed by atoms with van der Waals surface area (Å²) in [4.78, 5) is 18.8. The van der Waals surface area contributed by atoms with E-state index in [-0.39, 0.29) is 18.1 Å². The molecule has 3 rings (SSSR count). The predicted molar refractivity (Wildman–Crippen MR) is 83.4 cm³/mol. The third-order valence-corrected chi connectivity index (χ3v) is 3.99. The Balaban J connectivity index is 1.81. The SMILES string of the molecule is Cc1noc([C@H]2CN(C(=O)c3nnn(C(C)C)c3C)C[C@@H](C)O2)n1. The Hall–Kier alpha value is -2.29. The molecule has 0 spiro atoms. The average molecular weight is 334 g/mol. The summed E-state index contributed by atoms with van der Waals surface area (Å²) < 4.78 is 12.8. The Morgan fingerprint density at radius 1 is 1.29 bits per heavy atom. The maximum atomic E-state index is 12.9. The highest BCUT2D eigenvalue weighted by molar-refractivity contribution is 5.93. The summed E-state index contributed by atoms with van der Waals surface area (Å²) in [6, 6.07) is 0.150. The fourth-order valence-corrected chi connectivity index (χ4v) is 2.88. The molecule has 9 heteroatoms. The van der Waals surface area contributed by atoms with E-state index in [2.05, 4.69) is 20.5 Å².